The Morgan fingerprint density at radius 2 is 1.61 bits per heavy atom. The van der Waals surface area contributed by atoms with Crippen molar-refractivity contribution < 1.29 is 24.3 Å². The molecule has 3 atom stereocenters. The lowest BCUT2D eigenvalue weighted by molar-refractivity contribution is -0.141. The van der Waals surface area contributed by atoms with E-state index in [-0.39, 0.29) is 36.4 Å². The maximum atomic E-state index is 12.8. The number of ketones is 1. The largest absolute Gasteiger partial charge is 0.480 e. The number of hydrogen-bond acceptors (Lipinski definition) is 5. The molecule has 8 nitrogen and oxygen atoms in total. The average molecular weight is 440 g/mol. The molecule has 8 heteroatoms. The molecule has 0 radical (unpaired) electrons. The Bertz CT molecular complexity index is 692. The van der Waals surface area contributed by atoms with Gasteiger partial charge in [0, 0.05) is 25.0 Å². The SMILES string of the molecule is C/C(=C\[C@H](C(C)C)N(C)C(=O)[C@@H](N)C(C)(C)C)C(=O)NC(CCC(=O)C(C)C)C(=O)O. The Balaban J connectivity index is 5.45. The van der Waals surface area contributed by atoms with Gasteiger partial charge in [0.25, 0.3) is 0 Å². The molecule has 1 unspecified atom stereocenters. The van der Waals surface area contributed by atoms with Gasteiger partial charge in [-0.05, 0) is 24.7 Å². The molecule has 0 aromatic carbocycles. The maximum Gasteiger partial charge on any atom is 0.326 e. The van der Waals surface area contributed by atoms with E-state index < -0.39 is 35.4 Å². The van der Waals surface area contributed by atoms with Gasteiger partial charge in [0.2, 0.25) is 11.8 Å². The van der Waals surface area contributed by atoms with E-state index in [0.717, 1.165) is 0 Å². The standard InChI is InChI=1S/C23H41N3O5/c1-13(2)17(26(9)21(29)19(24)23(6,7)8)12-15(5)20(28)25-16(22(30)31)10-11-18(27)14(3)4/h12-14,16-17,19H,10-11,24H2,1-9H3,(H,25,28)(H,30,31)/b15-12+/t16?,17-,19-/m1/s1. The summed E-state index contributed by atoms with van der Waals surface area (Å²) in [5.74, 6) is -2.21. The fourth-order valence-corrected chi connectivity index (χ4v) is 2.92. The molecule has 0 aliphatic heterocycles. The number of carboxylic acids is 1. The fourth-order valence-electron chi connectivity index (χ4n) is 2.92. The lowest BCUT2D eigenvalue weighted by atomic mass is 9.86. The topological polar surface area (TPSA) is 130 Å². The minimum Gasteiger partial charge on any atom is -0.480 e. The minimum absolute atomic E-state index is 0.00259. The Labute approximate surface area is 186 Å². The highest BCUT2D eigenvalue weighted by Crippen LogP contribution is 2.22. The Hall–Kier alpha value is -2.22. The van der Waals surface area contributed by atoms with Gasteiger partial charge >= 0.3 is 5.97 Å². The van der Waals surface area contributed by atoms with E-state index in [4.69, 9.17) is 5.73 Å². The van der Waals surface area contributed by atoms with Crippen LogP contribution < -0.4 is 11.1 Å². The van der Waals surface area contributed by atoms with Crippen LogP contribution in [0, 0.1) is 17.3 Å². The van der Waals surface area contributed by atoms with Crippen molar-refractivity contribution in [2.24, 2.45) is 23.0 Å². The quantitative estimate of drug-likeness (QED) is 0.424. The molecule has 0 aromatic rings. The van der Waals surface area contributed by atoms with Crippen LogP contribution in [0.5, 0.6) is 0 Å². The molecule has 31 heavy (non-hydrogen) atoms. The van der Waals surface area contributed by atoms with Crippen LogP contribution in [0.15, 0.2) is 11.6 Å². The number of rotatable bonds is 11. The maximum absolute atomic E-state index is 12.8. The van der Waals surface area contributed by atoms with Crippen LogP contribution in [-0.4, -0.2) is 58.7 Å². The molecule has 0 aromatic heterocycles. The van der Waals surface area contributed by atoms with E-state index in [1.165, 1.54) is 4.90 Å². The average Bonchev–Trinajstić information content (AvgIpc) is 2.65. The number of nitrogens with one attached hydrogen (secondary N) is 1. The number of carbonyl (C=O) groups excluding carboxylic acids is 3. The first-order valence-electron chi connectivity index (χ1n) is 10.8. The molecule has 2 amide bonds. The number of aliphatic carboxylic acids is 1. The van der Waals surface area contributed by atoms with Crippen LogP contribution in [0.4, 0.5) is 0 Å². The smallest absolute Gasteiger partial charge is 0.326 e. The predicted octanol–water partition coefficient (Wildman–Crippen LogP) is 2.36. The van der Waals surface area contributed by atoms with Gasteiger partial charge in [-0.2, -0.15) is 0 Å². The van der Waals surface area contributed by atoms with Crippen molar-refractivity contribution >= 4 is 23.6 Å². The van der Waals surface area contributed by atoms with Crippen LogP contribution >= 0.6 is 0 Å². The summed E-state index contributed by atoms with van der Waals surface area (Å²) in [5, 5.41) is 11.9. The molecular formula is C23H41N3O5. The van der Waals surface area contributed by atoms with E-state index in [9.17, 15) is 24.3 Å². The van der Waals surface area contributed by atoms with Crippen molar-refractivity contribution in [1.82, 2.24) is 10.2 Å². The van der Waals surface area contributed by atoms with Crippen LogP contribution in [0.2, 0.25) is 0 Å². The van der Waals surface area contributed by atoms with Crippen LogP contribution in [0.25, 0.3) is 0 Å². The normalized spacial score (nSPS) is 15.4. The molecule has 0 aliphatic carbocycles. The third-order valence-corrected chi connectivity index (χ3v) is 5.38. The lowest BCUT2D eigenvalue weighted by Gasteiger charge is -2.35. The second-order valence-corrected chi connectivity index (χ2v) is 9.90. The highest BCUT2D eigenvalue weighted by molar-refractivity contribution is 5.95. The number of Topliss-reactive ketones (excluding diaryl/α,β-unsaturated/α-hetero) is 1. The summed E-state index contributed by atoms with van der Waals surface area (Å²) in [6.45, 7) is 14.6. The van der Waals surface area contributed by atoms with Gasteiger partial charge in [0.1, 0.15) is 11.8 Å². The number of carboxylic acid groups (broad SMARTS) is 1. The zero-order valence-corrected chi connectivity index (χ0v) is 20.5. The Morgan fingerprint density at radius 1 is 1.10 bits per heavy atom. The molecule has 4 N–H and O–H groups in total. The molecule has 0 aliphatic rings. The number of nitrogens with two attached hydrogens (primary N) is 1. The van der Waals surface area contributed by atoms with Gasteiger partial charge in [0.15, 0.2) is 0 Å². The molecule has 0 saturated carbocycles. The van der Waals surface area contributed by atoms with E-state index in [1.54, 1.807) is 33.9 Å². The summed E-state index contributed by atoms with van der Waals surface area (Å²) >= 11 is 0. The Kier molecular flexibility index (Phi) is 11.1. The summed E-state index contributed by atoms with van der Waals surface area (Å²) in [5.41, 5.74) is 6.00. The van der Waals surface area contributed by atoms with Crippen molar-refractivity contribution in [3.8, 4) is 0 Å². The highest BCUT2D eigenvalue weighted by Gasteiger charge is 2.33. The molecule has 0 spiro atoms. The van der Waals surface area contributed by atoms with E-state index in [1.807, 2.05) is 34.6 Å². The first kappa shape index (κ1) is 28.8. The van der Waals surface area contributed by atoms with Gasteiger partial charge in [0.05, 0.1) is 12.1 Å². The number of carbonyl (C=O) groups is 4. The van der Waals surface area contributed by atoms with Crippen molar-refractivity contribution in [3.63, 3.8) is 0 Å². The lowest BCUT2D eigenvalue weighted by Crippen LogP contribution is -2.52. The minimum atomic E-state index is -1.19. The number of nitrogens with zero attached hydrogens (tertiary/aromatic N) is 1. The van der Waals surface area contributed by atoms with Gasteiger partial charge in [-0.25, -0.2) is 4.79 Å². The number of likely N-dealkylation sites (N-methyl/N-ethyl adjacent to an activating group) is 1. The molecule has 0 saturated heterocycles. The predicted molar refractivity (Wildman–Crippen MR) is 121 cm³/mol. The summed E-state index contributed by atoms with van der Waals surface area (Å²) in [6.07, 6.45) is 1.76. The van der Waals surface area contributed by atoms with E-state index in [0.29, 0.717) is 5.57 Å². The van der Waals surface area contributed by atoms with Crippen LogP contribution in [-0.2, 0) is 19.2 Å². The van der Waals surface area contributed by atoms with Gasteiger partial charge in [-0.1, -0.05) is 54.5 Å². The second kappa shape index (κ2) is 12.0. The van der Waals surface area contributed by atoms with Crippen LogP contribution in [0.1, 0.15) is 68.2 Å². The second-order valence-electron chi connectivity index (χ2n) is 9.90. The number of amides is 2. The zero-order chi connectivity index (χ0) is 24.7. The van der Waals surface area contributed by atoms with Crippen molar-refractivity contribution in [3.05, 3.63) is 11.6 Å². The molecule has 0 fully saturated rings. The highest BCUT2D eigenvalue weighted by atomic mass is 16.4. The number of hydrogen-bond donors (Lipinski definition) is 3. The zero-order valence-electron chi connectivity index (χ0n) is 20.5. The molecular weight excluding hydrogens is 398 g/mol. The van der Waals surface area contributed by atoms with Gasteiger partial charge in [-0.3, -0.25) is 14.4 Å². The van der Waals surface area contributed by atoms with Gasteiger partial charge in [-0.15, -0.1) is 0 Å². The van der Waals surface area contributed by atoms with E-state index in [2.05, 4.69) is 5.32 Å². The summed E-state index contributed by atoms with van der Waals surface area (Å²) < 4.78 is 0. The van der Waals surface area contributed by atoms with Crippen molar-refractivity contribution in [1.29, 1.82) is 0 Å². The van der Waals surface area contributed by atoms with Crippen molar-refractivity contribution in [2.75, 3.05) is 7.05 Å². The van der Waals surface area contributed by atoms with Crippen LogP contribution in [0.3, 0.4) is 0 Å². The first-order chi connectivity index (χ1) is 14.0. The summed E-state index contributed by atoms with van der Waals surface area (Å²) in [6, 6.07) is -2.25. The third-order valence-electron chi connectivity index (χ3n) is 5.38. The molecule has 0 bridgehead atoms. The molecule has 178 valence electrons. The Morgan fingerprint density at radius 3 is 2.00 bits per heavy atom. The summed E-state index contributed by atoms with van der Waals surface area (Å²) in [7, 11) is 1.65. The van der Waals surface area contributed by atoms with Gasteiger partial charge < -0.3 is 21.1 Å². The fraction of sp³-hybridized carbons (Fsp3) is 0.739. The molecule has 0 heterocycles. The monoisotopic (exact) mass is 439 g/mol. The summed E-state index contributed by atoms with van der Waals surface area (Å²) in [4.78, 5) is 50.3. The van der Waals surface area contributed by atoms with E-state index >= 15 is 0 Å². The van der Waals surface area contributed by atoms with Crippen molar-refractivity contribution in [2.45, 2.75) is 86.4 Å². The molecule has 0 rings (SSSR count). The first-order valence-corrected chi connectivity index (χ1v) is 10.8. The third kappa shape index (κ3) is 9.21.